The number of unbranched alkanes of at least 4 members (excludes halogenated alkanes) is 1. The van der Waals surface area contributed by atoms with E-state index in [9.17, 15) is 4.39 Å². The number of para-hydroxylation sites is 1. The Kier molecular flexibility index (Phi) is 4.23. The Morgan fingerprint density at radius 3 is 2.74 bits per heavy atom. The predicted molar refractivity (Wildman–Crippen MR) is 89.5 cm³/mol. The smallest absolute Gasteiger partial charge is 0.168 e. The molecule has 23 heavy (non-hydrogen) atoms. The Hall–Kier alpha value is -2.50. The molecular formula is C17H20FN5. The van der Waals surface area contributed by atoms with E-state index in [2.05, 4.69) is 26.9 Å². The summed E-state index contributed by atoms with van der Waals surface area (Å²) in [4.78, 5) is 10.9. The van der Waals surface area contributed by atoms with Crippen LogP contribution in [-0.2, 0) is 0 Å². The number of halogens is 1. The van der Waals surface area contributed by atoms with Gasteiger partial charge in [-0.2, -0.15) is 5.10 Å². The number of rotatable bonds is 5. The molecule has 2 heterocycles. The highest BCUT2D eigenvalue weighted by molar-refractivity contribution is 5.90. The molecule has 1 aromatic carbocycles. The van der Waals surface area contributed by atoms with Crippen molar-refractivity contribution >= 4 is 16.9 Å². The number of hydrogen-bond acceptors (Lipinski definition) is 4. The third kappa shape index (κ3) is 2.76. The van der Waals surface area contributed by atoms with Crippen molar-refractivity contribution in [2.24, 2.45) is 0 Å². The zero-order valence-electron chi connectivity index (χ0n) is 13.6. The third-order valence-corrected chi connectivity index (χ3v) is 3.91. The predicted octanol–water partition coefficient (Wildman–Crippen LogP) is 3.50. The van der Waals surface area contributed by atoms with Crippen molar-refractivity contribution in [2.45, 2.75) is 26.7 Å². The molecule has 5 nitrogen and oxygen atoms in total. The van der Waals surface area contributed by atoms with E-state index in [4.69, 9.17) is 0 Å². The first kappa shape index (κ1) is 15.4. The highest BCUT2D eigenvalue weighted by atomic mass is 19.1. The van der Waals surface area contributed by atoms with Crippen molar-refractivity contribution in [3.8, 4) is 5.69 Å². The lowest BCUT2D eigenvalue weighted by Gasteiger charge is -2.18. The second-order valence-electron chi connectivity index (χ2n) is 5.62. The summed E-state index contributed by atoms with van der Waals surface area (Å²) in [6, 6.07) is 6.57. The van der Waals surface area contributed by atoms with Crippen LogP contribution in [0.2, 0.25) is 0 Å². The van der Waals surface area contributed by atoms with Gasteiger partial charge < -0.3 is 4.90 Å². The molecule has 3 rings (SSSR count). The fraction of sp³-hybridized carbons (Fsp3) is 0.353. The van der Waals surface area contributed by atoms with Crippen LogP contribution < -0.4 is 4.90 Å². The van der Waals surface area contributed by atoms with E-state index in [1.807, 2.05) is 14.0 Å². The van der Waals surface area contributed by atoms with Gasteiger partial charge in [0.25, 0.3) is 0 Å². The maximum atomic E-state index is 14.1. The molecule has 0 fully saturated rings. The molecular weight excluding hydrogens is 293 g/mol. The molecule has 2 aromatic heterocycles. The Labute approximate surface area is 134 Å². The SMILES string of the molecule is CCCCN(C)c1ncnc2c1c(C)nn2-c1ccccc1F. The summed E-state index contributed by atoms with van der Waals surface area (Å²) in [5, 5.41) is 5.36. The largest absolute Gasteiger partial charge is 0.359 e. The molecule has 0 saturated carbocycles. The molecule has 120 valence electrons. The summed E-state index contributed by atoms with van der Waals surface area (Å²) < 4.78 is 15.7. The van der Waals surface area contributed by atoms with E-state index in [1.165, 1.54) is 12.4 Å². The summed E-state index contributed by atoms with van der Waals surface area (Å²) in [6.45, 7) is 4.97. The first-order valence-corrected chi connectivity index (χ1v) is 7.79. The molecule has 0 aliphatic heterocycles. The van der Waals surface area contributed by atoms with Gasteiger partial charge >= 0.3 is 0 Å². The molecule has 3 aromatic rings. The van der Waals surface area contributed by atoms with Crippen LogP contribution in [0.1, 0.15) is 25.5 Å². The molecule has 0 radical (unpaired) electrons. The summed E-state index contributed by atoms with van der Waals surface area (Å²) in [5.41, 5.74) is 1.81. The first-order valence-electron chi connectivity index (χ1n) is 7.79. The van der Waals surface area contributed by atoms with Gasteiger partial charge in [-0.1, -0.05) is 25.5 Å². The average Bonchev–Trinajstić information content (AvgIpc) is 2.90. The van der Waals surface area contributed by atoms with Crippen LogP contribution >= 0.6 is 0 Å². The van der Waals surface area contributed by atoms with Gasteiger partial charge in [0.15, 0.2) is 5.65 Å². The number of aryl methyl sites for hydroxylation is 1. The summed E-state index contributed by atoms with van der Waals surface area (Å²) >= 11 is 0. The minimum Gasteiger partial charge on any atom is -0.359 e. The minimum atomic E-state index is -0.323. The average molecular weight is 313 g/mol. The van der Waals surface area contributed by atoms with E-state index < -0.39 is 0 Å². The third-order valence-electron chi connectivity index (χ3n) is 3.91. The van der Waals surface area contributed by atoms with Gasteiger partial charge in [0.2, 0.25) is 0 Å². The standard InChI is InChI=1S/C17H20FN5/c1-4-5-10-22(3)16-15-12(2)21-23(17(15)20-11-19-16)14-9-7-6-8-13(14)18/h6-9,11H,4-5,10H2,1-3H3. The van der Waals surface area contributed by atoms with Crippen LogP contribution in [0.3, 0.4) is 0 Å². The summed E-state index contributed by atoms with van der Waals surface area (Å²) in [7, 11) is 2.01. The van der Waals surface area contributed by atoms with Crippen LogP contribution in [0.25, 0.3) is 16.7 Å². The molecule has 0 amide bonds. The van der Waals surface area contributed by atoms with Crippen LogP contribution in [0.4, 0.5) is 10.2 Å². The summed E-state index contributed by atoms with van der Waals surface area (Å²) in [5.74, 6) is 0.514. The van der Waals surface area contributed by atoms with E-state index in [0.717, 1.165) is 36.3 Å². The molecule has 0 spiro atoms. The maximum absolute atomic E-state index is 14.1. The Balaban J connectivity index is 2.16. The van der Waals surface area contributed by atoms with Crippen molar-refractivity contribution in [2.75, 3.05) is 18.5 Å². The van der Waals surface area contributed by atoms with Gasteiger partial charge in [0, 0.05) is 13.6 Å². The second kappa shape index (κ2) is 6.32. The lowest BCUT2D eigenvalue weighted by molar-refractivity contribution is 0.612. The Morgan fingerprint density at radius 2 is 2.00 bits per heavy atom. The number of benzene rings is 1. The lowest BCUT2D eigenvalue weighted by atomic mass is 10.2. The zero-order valence-corrected chi connectivity index (χ0v) is 13.6. The van der Waals surface area contributed by atoms with Crippen LogP contribution in [0, 0.1) is 12.7 Å². The van der Waals surface area contributed by atoms with Gasteiger partial charge in [-0.15, -0.1) is 0 Å². The number of aromatic nitrogens is 4. The van der Waals surface area contributed by atoms with E-state index in [-0.39, 0.29) is 5.82 Å². The van der Waals surface area contributed by atoms with Crippen molar-refractivity contribution in [3.63, 3.8) is 0 Å². The van der Waals surface area contributed by atoms with Gasteiger partial charge in [-0.05, 0) is 25.5 Å². The van der Waals surface area contributed by atoms with Crippen LogP contribution in [-0.4, -0.2) is 33.3 Å². The molecule has 0 saturated heterocycles. The second-order valence-corrected chi connectivity index (χ2v) is 5.62. The quantitative estimate of drug-likeness (QED) is 0.723. The highest BCUT2D eigenvalue weighted by Crippen LogP contribution is 2.28. The maximum Gasteiger partial charge on any atom is 0.168 e. The highest BCUT2D eigenvalue weighted by Gasteiger charge is 2.18. The monoisotopic (exact) mass is 313 g/mol. The molecule has 0 unspecified atom stereocenters. The van der Waals surface area contributed by atoms with Crippen molar-refractivity contribution < 1.29 is 4.39 Å². The molecule has 0 atom stereocenters. The number of nitrogens with zero attached hydrogens (tertiary/aromatic N) is 5. The van der Waals surface area contributed by atoms with E-state index in [0.29, 0.717) is 11.3 Å². The van der Waals surface area contributed by atoms with Gasteiger partial charge in [-0.3, -0.25) is 0 Å². The number of anilines is 1. The number of hydrogen-bond donors (Lipinski definition) is 0. The fourth-order valence-electron chi connectivity index (χ4n) is 2.68. The lowest BCUT2D eigenvalue weighted by Crippen LogP contribution is -2.20. The van der Waals surface area contributed by atoms with Crippen LogP contribution in [0.5, 0.6) is 0 Å². The topological polar surface area (TPSA) is 46.8 Å². The first-order chi connectivity index (χ1) is 11.1. The number of fused-ring (bicyclic) bond motifs is 1. The van der Waals surface area contributed by atoms with E-state index in [1.54, 1.807) is 22.9 Å². The Bertz CT molecular complexity index is 827. The molecule has 6 heteroatoms. The van der Waals surface area contributed by atoms with Gasteiger partial charge in [0.05, 0.1) is 11.1 Å². The normalized spacial score (nSPS) is 11.1. The van der Waals surface area contributed by atoms with Crippen molar-refractivity contribution in [3.05, 3.63) is 42.1 Å². The van der Waals surface area contributed by atoms with Gasteiger partial charge in [-0.25, -0.2) is 19.0 Å². The summed E-state index contributed by atoms with van der Waals surface area (Å²) in [6.07, 6.45) is 3.72. The molecule has 0 aliphatic carbocycles. The molecule has 0 aliphatic rings. The van der Waals surface area contributed by atoms with E-state index >= 15 is 0 Å². The van der Waals surface area contributed by atoms with Gasteiger partial charge in [0.1, 0.15) is 23.6 Å². The Morgan fingerprint density at radius 1 is 1.22 bits per heavy atom. The molecule has 0 bridgehead atoms. The van der Waals surface area contributed by atoms with Crippen molar-refractivity contribution in [1.82, 2.24) is 19.7 Å². The molecule has 0 N–H and O–H groups in total. The van der Waals surface area contributed by atoms with Crippen LogP contribution in [0.15, 0.2) is 30.6 Å². The minimum absolute atomic E-state index is 0.323. The fourth-order valence-corrected chi connectivity index (χ4v) is 2.68. The zero-order chi connectivity index (χ0) is 16.4. The van der Waals surface area contributed by atoms with Crippen molar-refractivity contribution in [1.29, 1.82) is 0 Å².